The number of fused-ring (bicyclic) bond motifs is 2. The largest absolute Gasteiger partial charge is 0.492 e. The van der Waals surface area contributed by atoms with Crippen LogP contribution in [0, 0.1) is 17.8 Å². The molecule has 0 aromatic heterocycles. The Balaban J connectivity index is 1.53. The fourth-order valence-corrected chi connectivity index (χ4v) is 9.97. The van der Waals surface area contributed by atoms with Gasteiger partial charge in [0.2, 0.25) is 5.79 Å². The highest BCUT2D eigenvalue weighted by molar-refractivity contribution is 6.02. The van der Waals surface area contributed by atoms with Crippen LogP contribution in [0.15, 0.2) is 47.7 Å². The molecule has 0 radical (unpaired) electrons. The maximum atomic E-state index is 14.6. The molecule has 2 heterocycles. The van der Waals surface area contributed by atoms with Crippen LogP contribution >= 0.6 is 0 Å². The molecule has 0 spiro atoms. The molecule has 1 aromatic rings. The van der Waals surface area contributed by atoms with E-state index in [1.165, 1.54) is 44.9 Å². The number of ether oxygens (including phenoxy) is 5. The summed E-state index contributed by atoms with van der Waals surface area (Å²) in [5.41, 5.74) is 2.70. The van der Waals surface area contributed by atoms with Gasteiger partial charge in [0.25, 0.3) is 0 Å². The number of benzene rings is 1. The summed E-state index contributed by atoms with van der Waals surface area (Å²) in [5, 5.41) is 34.0. The molecule has 2 aliphatic heterocycles. The van der Waals surface area contributed by atoms with Crippen LogP contribution in [-0.4, -0.2) is 135 Å². The summed E-state index contributed by atoms with van der Waals surface area (Å²) >= 11 is 0. The van der Waals surface area contributed by atoms with E-state index in [2.05, 4.69) is 35.7 Å². The van der Waals surface area contributed by atoms with E-state index in [4.69, 9.17) is 28.5 Å². The van der Waals surface area contributed by atoms with Gasteiger partial charge in [-0.25, -0.2) is 4.79 Å². The molecule has 62 heavy (non-hydrogen) atoms. The minimum absolute atomic E-state index is 0.100. The number of rotatable bonds is 33. The number of aliphatic hydroxyl groups is 3. The summed E-state index contributed by atoms with van der Waals surface area (Å²) in [6, 6.07) is 5.34. The van der Waals surface area contributed by atoms with Gasteiger partial charge in [0, 0.05) is 57.3 Å². The summed E-state index contributed by atoms with van der Waals surface area (Å²) in [4.78, 5) is 24.2. The lowest BCUT2D eigenvalue weighted by molar-refractivity contribution is -0.256. The molecule has 1 aromatic carbocycles. The molecule has 4 aliphatic rings. The maximum Gasteiger partial charge on any atom is 0.410 e. The highest BCUT2D eigenvalue weighted by atomic mass is 16.7. The number of carbonyl (C=O) groups is 1. The molecule has 2 fully saturated rings. The highest BCUT2D eigenvalue weighted by Crippen LogP contribution is 2.62. The Morgan fingerprint density at radius 2 is 1.65 bits per heavy atom. The Kier molecular flexibility index (Phi) is 21.9. The summed E-state index contributed by atoms with van der Waals surface area (Å²) < 4.78 is 32.6. The zero-order valence-corrected chi connectivity index (χ0v) is 38.0. The van der Waals surface area contributed by atoms with E-state index in [0.717, 1.165) is 81.5 Å². The first kappa shape index (κ1) is 49.8. The predicted octanol–water partition coefficient (Wildman–Crippen LogP) is 8.01. The van der Waals surface area contributed by atoms with E-state index < -0.39 is 23.8 Å². The predicted molar refractivity (Wildman–Crippen MR) is 242 cm³/mol. The Bertz CT molecular complexity index is 1540. The van der Waals surface area contributed by atoms with Crippen LogP contribution in [-0.2, 0) is 19.0 Å². The molecule has 1 saturated heterocycles. The van der Waals surface area contributed by atoms with Crippen molar-refractivity contribution < 1.29 is 48.6 Å². The molecule has 6 unspecified atom stereocenters. The first-order valence-electron chi connectivity index (χ1n) is 24.0. The van der Waals surface area contributed by atoms with Gasteiger partial charge >= 0.3 is 6.09 Å². The monoisotopic (exact) mass is 870 g/mol. The van der Waals surface area contributed by atoms with Gasteiger partial charge in [0.1, 0.15) is 31.3 Å². The number of amides is 1. The summed E-state index contributed by atoms with van der Waals surface area (Å²) in [6.45, 7) is 11.0. The van der Waals surface area contributed by atoms with E-state index in [9.17, 15) is 20.1 Å². The summed E-state index contributed by atoms with van der Waals surface area (Å²) in [7, 11) is 1.55. The summed E-state index contributed by atoms with van der Waals surface area (Å²) in [5.74, 6) is -0.320. The molecule has 2 aliphatic carbocycles. The molecule has 6 atom stereocenters. The molecule has 3 N–H and O–H groups in total. The SMILES string of the molecule is C=CCOC12Oc3ccc(OCCN4CC4)cc3C3C(CCCCO)C(CCCCO)C=C(C(=NOC)CC1N(CCOCCO)C(=O)OCCCCCCCCCCCC)C32. The Morgan fingerprint density at radius 1 is 0.919 bits per heavy atom. The normalized spacial score (nSPS) is 24.4. The number of aliphatic hydroxyl groups excluding tert-OH is 3. The van der Waals surface area contributed by atoms with E-state index in [-0.39, 0.29) is 70.4 Å². The molecule has 13 heteroatoms. The molecule has 1 saturated carbocycles. The second-order valence-electron chi connectivity index (χ2n) is 17.5. The first-order valence-corrected chi connectivity index (χ1v) is 24.0. The Morgan fingerprint density at radius 3 is 2.32 bits per heavy atom. The van der Waals surface area contributed by atoms with Gasteiger partial charge in [-0.2, -0.15) is 0 Å². The van der Waals surface area contributed by atoms with Gasteiger partial charge in [-0.15, -0.1) is 6.58 Å². The van der Waals surface area contributed by atoms with Crippen molar-refractivity contribution in [1.29, 1.82) is 0 Å². The topological polar surface area (TPSA) is 152 Å². The summed E-state index contributed by atoms with van der Waals surface area (Å²) in [6.07, 6.45) is 20.4. The van der Waals surface area contributed by atoms with Gasteiger partial charge in [0.05, 0.1) is 44.7 Å². The number of unbranched alkanes of at least 4 members (excludes halogenated alkanes) is 11. The lowest BCUT2D eigenvalue weighted by Gasteiger charge is -2.59. The number of oxime groups is 1. The highest BCUT2D eigenvalue weighted by Gasteiger charge is 2.65. The average molecular weight is 870 g/mol. The van der Waals surface area contributed by atoms with Crippen LogP contribution in [0.2, 0.25) is 0 Å². The Hall–Kier alpha value is -3.20. The van der Waals surface area contributed by atoms with Crippen molar-refractivity contribution in [3.8, 4) is 11.5 Å². The molecule has 1 amide bonds. The van der Waals surface area contributed by atoms with Crippen molar-refractivity contribution in [2.75, 3.05) is 86.1 Å². The third kappa shape index (κ3) is 13.9. The molecule has 0 bridgehead atoms. The van der Waals surface area contributed by atoms with Crippen LogP contribution in [0.3, 0.4) is 0 Å². The molecular weight excluding hydrogens is 791 g/mol. The van der Waals surface area contributed by atoms with Crippen LogP contribution < -0.4 is 9.47 Å². The number of hydrogen-bond donors (Lipinski definition) is 3. The van der Waals surface area contributed by atoms with Crippen LogP contribution in [0.25, 0.3) is 0 Å². The zero-order valence-electron chi connectivity index (χ0n) is 38.0. The standard InChI is InChI=1S/C49H79N3O10/c1-4-6-7-8-9-10-11-12-13-18-31-60-48(56)52(26-32-58-34-29-55)45-37-43(50-57-3)41-35-38(19-14-16-27-53)40(20-15-17-28-54)46-42-36-39(59-33-25-51-23-24-51)21-22-44(42)62-49(45,47(41)46)61-30-5-2/h5,21-22,35-36,38,40,45-47,53-55H,2,4,6-20,23-34,37H2,1,3H3. The van der Waals surface area contributed by atoms with Crippen molar-refractivity contribution in [1.82, 2.24) is 9.80 Å². The van der Waals surface area contributed by atoms with Crippen molar-refractivity contribution in [3.63, 3.8) is 0 Å². The minimum Gasteiger partial charge on any atom is -0.492 e. The van der Waals surface area contributed by atoms with Gasteiger partial charge in [0.15, 0.2) is 0 Å². The fraction of sp³-hybridized carbons (Fsp3) is 0.755. The van der Waals surface area contributed by atoms with E-state index in [0.29, 0.717) is 37.5 Å². The van der Waals surface area contributed by atoms with Crippen LogP contribution in [0.5, 0.6) is 11.5 Å². The average Bonchev–Trinajstić information content (AvgIpc) is 4.11. The second-order valence-corrected chi connectivity index (χ2v) is 17.5. The number of nitrogens with zero attached hydrogens (tertiary/aromatic N) is 3. The molecule has 5 rings (SSSR count). The number of allylic oxidation sites excluding steroid dienone is 1. The van der Waals surface area contributed by atoms with E-state index in [1.807, 2.05) is 12.1 Å². The maximum absolute atomic E-state index is 14.6. The Labute approximate surface area is 371 Å². The van der Waals surface area contributed by atoms with Crippen LogP contribution in [0.4, 0.5) is 4.79 Å². The van der Waals surface area contributed by atoms with Crippen molar-refractivity contribution in [3.05, 3.63) is 48.1 Å². The van der Waals surface area contributed by atoms with Gasteiger partial charge in [-0.1, -0.05) is 94.9 Å². The fourth-order valence-electron chi connectivity index (χ4n) is 9.97. The second kappa shape index (κ2) is 27.2. The molecule has 13 nitrogen and oxygen atoms in total. The van der Waals surface area contributed by atoms with Crippen molar-refractivity contribution >= 4 is 11.8 Å². The van der Waals surface area contributed by atoms with E-state index in [1.54, 1.807) is 18.1 Å². The van der Waals surface area contributed by atoms with E-state index >= 15 is 0 Å². The lowest BCUT2D eigenvalue weighted by Crippen LogP contribution is -2.70. The molecule has 350 valence electrons. The molecular formula is C49H79N3O10. The quantitative estimate of drug-likeness (QED) is 0.0273. The van der Waals surface area contributed by atoms with Crippen molar-refractivity contribution in [2.45, 2.75) is 134 Å². The number of carbonyl (C=O) groups excluding carboxylic acids is 1. The lowest BCUT2D eigenvalue weighted by atomic mass is 9.55. The third-order valence-electron chi connectivity index (χ3n) is 13.1. The van der Waals surface area contributed by atoms with Gasteiger partial charge in [-0.05, 0) is 67.7 Å². The zero-order chi connectivity index (χ0) is 44.0. The third-order valence-corrected chi connectivity index (χ3v) is 13.1. The first-order chi connectivity index (χ1) is 30.5. The van der Waals surface area contributed by atoms with Crippen molar-refractivity contribution in [2.24, 2.45) is 22.9 Å². The smallest absolute Gasteiger partial charge is 0.410 e. The number of hydrogen-bond acceptors (Lipinski definition) is 12. The minimum atomic E-state index is -1.40. The van der Waals surface area contributed by atoms with Gasteiger partial charge < -0.3 is 43.8 Å². The van der Waals surface area contributed by atoms with Gasteiger partial charge in [-0.3, -0.25) is 9.80 Å². The van der Waals surface area contributed by atoms with Crippen LogP contribution in [0.1, 0.15) is 128 Å².